The highest BCUT2D eigenvalue weighted by atomic mass is 79.9. The second-order valence-electron chi connectivity index (χ2n) is 4.98. The molecule has 0 bridgehead atoms. The van der Waals surface area contributed by atoms with E-state index in [1.807, 2.05) is 0 Å². The van der Waals surface area contributed by atoms with Gasteiger partial charge in [-0.2, -0.15) is 0 Å². The molecule has 3 heteroatoms. The molecule has 102 valence electrons. The molecule has 1 nitrogen and oxygen atoms in total. The summed E-state index contributed by atoms with van der Waals surface area (Å²) in [5, 5.41) is 5.81. The van der Waals surface area contributed by atoms with E-state index in [-0.39, 0.29) is 0 Å². The van der Waals surface area contributed by atoms with E-state index in [2.05, 4.69) is 76.9 Å². The van der Waals surface area contributed by atoms with Crippen LogP contribution < -0.4 is 5.32 Å². The van der Waals surface area contributed by atoms with Crippen LogP contribution in [-0.4, -0.2) is 6.04 Å². The van der Waals surface area contributed by atoms with Crippen LogP contribution in [0.15, 0.2) is 46.3 Å². The van der Waals surface area contributed by atoms with E-state index in [1.54, 1.807) is 11.3 Å². The molecule has 2 aromatic rings. The molecule has 1 heterocycles. The van der Waals surface area contributed by atoms with E-state index < -0.39 is 0 Å². The largest absolute Gasteiger partial charge is 0.307 e. The van der Waals surface area contributed by atoms with Crippen LogP contribution >= 0.6 is 27.3 Å². The Kier molecular flexibility index (Phi) is 5.61. The summed E-state index contributed by atoms with van der Waals surface area (Å²) in [6, 6.07) is 13.8. The van der Waals surface area contributed by atoms with Gasteiger partial charge in [0.1, 0.15) is 0 Å². The van der Waals surface area contributed by atoms with Crippen molar-refractivity contribution in [2.75, 3.05) is 0 Å². The molecular formula is C16H20BrNS. The van der Waals surface area contributed by atoms with Crippen LogP contribution in [0, 0.1) is 0 Å². The van der Waals surface area contributed by atoms with Crippen molar-refractivity contribution in [2.24, 2.45) is 0 Å². The maximum absolute atomic E-state index is 3.67. The van der Waals surface area contributed by atoms with Gasteiger partial charge in [-0.15, -0.1) is 11.3 Å². The van der Waals surface area contributed by atoms with E-state index in [4.69, 9.17) is 0 Å². The van der Waals surface area contributed by atoms with E-state index in [9.17, 15) is 0 Å². The first kappa shape index (κ1) is 14.8. The van der Waals surface area contributed by atoms with Gasteiger partial charge < -0.3 is 5.32 Å². The monoisotopic (exact) mass is 337 g/mol. The van der Waals surface area contributed by atoms with Crippen LogP contribution in [0.4, 0.5) is 0 Å². The fourth-order valence-electron chi connectivity index (χ4n) is 2.18. The Morgan fingerprint density at radius 1 is 1.21 bits per heavy atom. The summed E-state index contributed by atoms with van der Waals surface area (Å²) >= 11 is 5.32. The molecule has 0 radical (unpaired) electrons. The summed E-state index contributed by atoms with van der Waals surface area (Å²) in [5.74, 6) is 0. The fourth-order valence-corrected chi connectivity index (χ4v) is 3.64. The minimum Gasteiger partial charge on any atom is -0.307 e. The minimum absolute atomic E-state index is 0.419. The average Bonchev–Trinajstić information content (AvgIpc) is 2.84. The van der Waals surface area contributed by atoms with Gasteiger partial charge in [0, 0.05) is 26.8 Å². The van der Waals surface area contributed by atoms with Gasteiger partial charge in [-0.1, -0.05) is 30.3 Å². The van der Waals surface area contributed by atoms with Crippen LogP contribution in [0.2, 0.25) is 0 Å². The first-order valence-corrected chi connectivity index (χ1v) is 8.36. The maximum Gasteiger partial charge on any atom is 0.0388 e. The van der Waals surface area contributed by atoms with Crippen molar-refractivity contribution in [3.05, 3.63) is 56.7 Å². The third-order valence-electron chi connectivity index (χ3n) is 3.26. The molecule has 2 unspecified atom stereocenters. The highest BCUT2D eigenvalue weighted by Crippen LogP contribution is 2.25. The Morgan fingerprint density at radius 3 is 2.58 bits per heavy atom. The number of hydrogen-bond acceptors (Lipinski definition) is 2. The molecule has 0 spiro atoms. The number of thiophene rings is 1. The zero-order valence-corrected chi connectivity index (χ0v) is 13.8. The van der Waals surface area contributed by atoms with E-state index in [0.717, 1.165) is 6.42 Å². The molecule has 2 rings (SSSR count). The summed E-state index contributed by atoms with van der Waals surface area (Å²) in [6.07, 6.45) is 2.30. The summed E-state index contributed by atoms with van der Waals surface area (Å²) in [6.45, 7) is 4.50. The Hall–Kier alpha value is -0.640. The molecule has 2 atom stereocenters. The zero-order valence-electron chi connectivity index (χ0n) is 11.4. The molecule has 1 aromatic heterocycles. The molecule has 19 heavy (non-hydrogen) atoms. The van der Waals surface area contributed by atoms with Gasteiger partial charge in [-0.25, -0.2) is 0 Å². The lowest BCUT2D eigenvalue weighted by molar-refractivity contribution is 0.460. The first-order valence-electron chi connectivity index (χ1n) is 6.69. The number of hydrogen-bond donors (Lipinski definition) is 1. The molecule has 1 aromatic carbocycles. The average molecular weight is 338 g/mol. The van der Waals surface area contributed by atoms with Gasteiger partial charge in [-0.05, 0) is 54.2 Å². The van der Waals surface area contributed by atoms with Crippen molar-refractivity contribution in [1.82, 2.24) is 5.32 Å². The molecular weight excluding hydrogens is 318 g/mol. The maximum atomic E-state index is 3.67. The van der Waals surface area contributed by atoms with Crippen molar-refractivity contribution >= 4 is 27.3 Å². The quantitative estimate of drug-likeness (QED) is 0.765. The van der Waals surface area contributed by atoms with Gasteiger partial charge in [0.05, 0.1) is 0 Å². The van der Waals surface area contributed by atoms with Crippen molar-refractivity contribution in [2.45, 2.75) is 38.8 Å². The second kappa shape index (κ2) is 7.22. The Morgan fingerprint density at radius 2 is 1.95 bits per heavy atom. The summed E-state index contributed by atoms with van der Waals surface area (Å²) in [4.78, 5) is 1.39. The molecule has 0 aliphatic carbocycles. The van der Waals surface area contributed by atoms with Gasteiger partial charge in [0.2, 0.25) is 0 Å². The second-order valence-corrected chi connectivity index (χ2v) is 6.84. The topological polar surface area (TPSA) is 12.0 Å². The van der Waals surface area contributed by atoms with Crippen LogP contribution in [0.1, 0.15) is 36.8 Å². The fraction of sp³-hybridized carbons (Fsp3) is 0.375. The predicted octanol–water partition coefficient (Wildman–Crippen LogP) is 5.18. The number of nitrogens with one attached hydrogen (secondary N) is 1. The highest BCUT2D eigenvalue weighted by Gasteiger charge is 2.11. The predicted molar refractivity (Wildman–Crippen MR) is 87.8 cm³/mol. The number of benzene rings is 1. The lowest BCUT2D eigenvalue weighted by Gasteiger charge is -2.19. The van der Waals surface area contributed by atoms with Gasteiger partial charge in [0.15, 0.2) is 0 Å². The third kappa shape index (κ3) is 4.75. The Bertz CT molecular complexity index is 494. The van der Waals surface area contributed by atoms with Crippen LogP contribution in [-0.2, 0) is 6.42 Å². The van der Waals surface area contributed by atoms with Crippen LogP contribution in [0.3, 0.4) is 0 Å². The third-order valence-corrected chi connectivity index (χ3v) is 5.13. The molecule has 0 aliphatic heterocycles. The van der Waals surface area contributed by atoms with Crippen molar-refractivity contribution in [1.29, 1.82) is 0 Å². The van der Waals surface area contributed by atoms with Crippen molar-refractivity contribution < 1.29 is 0 Å². The van der Waals surface area contributed by atoms with E-state index in [0.29, 0.717) is 12.1 Å². The van der Waals surface area contributed by atoms with Crippen LogP contribution in [0.25, 0.3) is 0 Å². The molecule has 0 saturated heterocycles. The molecule has 0 saturated carbocycles. The first-order chi connectivity index (χ1) is 9.15. The molecule has 0 fully saturated rings. The Labute approximate surface area is 128 Å². The molecule has 0 aliphatic rings. The van der Waals surface area contributed by atoms with E-state index in [1.165, 1.54) is 21.3 Å². The summed E-state index contributed by atoms with van der Waals surface area (Å²) < 4.78 is 1.18. The normalized spacial score (nSPS) is 14.3. The number of aryl methyl sites for hydroxylation is 1. The molecule has 1 N–H and O–H groups in total. The van der Waals surface area contributed by atoms with Crippen LogP contribution in [0.5, 0.6) is 0 Å². The lowest BCUT2D eigenvalue weighted by atomic mass is 10.1. The Balaban J connectivity index is 1.79. The SMILES string of the molecule is CC(CCc1ccccc1)NC(C)c1cc(Br)cs1. The smallest absolute Gasteiger partial charge is 0.0388 e. The lowest BCUT2D eigenvalue weighted by Crippen LogP contribution is -2.28. The van der Waals surface area contributed by atoms with Gasteiger partial charge in [-0.3, -0.25) is 0 Å². The zero-order chi connectivity index (χ0) is 13.7. The number of halogens is 1. The highest BCUT2D eigenvalue weighted by molar-refractivity contribution is 9.10. The summed E-state index contributed by atoms with van der Waals surface area (Å²) in [7, 11) is 0. The van der Waals surface area contributed by atoms with Gasteiger partial charge >= 0.3 is 0 Å². The van der Waals surface area contributed by atoms with Crippen molar-refractivity contribution in [3.63, 3.8) is 0 Å². The van der Waals surface area contributed by atoms with E-state index >= 15 is 0 Å². The molecule has 0 amide bonds. The summed E-state index contributed by atoms with van der Waals surface area (Å²) in [5.41, 5.74) is 1.42. The standard InChI is InChI=1S/C16H20BrNS/c1-12(8-9-14-6-4-3-5-7-14)18-13(2)16-10-15(17)11-19-16/h3-7,10-13,18H,8-9H2,1-2H3. The van der Waals surface area contributed by atoms with Gasteiger partial charge in [0.25, 0.3) is 0 Å². The minimum atomic E-state index is 0.419. The number of rotatable bonds is 6. The van der Waals surface area contributed by atoms with Crippen molar-refractivity contribution in [3.8, 4) is 0 Å².